The van der Waals surface area contributed by atoms with Crippen LogP contribution >= 0.6 is 11.6 Å². The van der Waals surface area contributed by atoms with Crippen molar-refractivity contribution in [3.05, 3.63) is 71.2 Å². The summed E-state index contributed by atoms with van der Waals surface area (Å²) in [5, 5.41) is 6.15. The third kappa shape index (κ3) is 6.45. The van der Waals surface area contributed by atoms with Crippen molar-refractivity contribution in [1.82, 2.24) is 9.62 Å². The molecule has 1 aliphatic rings. The standard InChI is InChI=1S/C25H27ClN4O7S2/c1-36-23-15-21(22(16-24(23)37-2)29-38(32,33)19-7-3-17(26)4-8-19)25(31)28-18-5-9-20(10-6-18)39(34,35)30-13-11-27-12-14-30/h3-10,15-16,27,29H,11-14H2,1-2H3,(H,28,31). The molecular weight excluding hydrogens is 568 g/mol. The number of methoxy groups -OCH3 is 2. The highest BCUT2D eigenvalue weighted by Crippen LogP contribution is 2.35. The number of nitrogens with one attached hydrogen (secondary N) is 3. The van der Waals surface area contributed by atoms with Gasteiger partial charge in [0, 0.05) is 43.0 Å². The van der Waals surface area contributed by atoms with Gasteiger partial charge in [0.05, 0.1) is 35.3 Å². The number of halogens is 1. The molecule has 4 rings (SSSR count). The SMILES string of the molecule is COc1cc(NS(=O)(=O)c2ccc(Cl)cc2)c(C(=O)Nc2ccc(S(=O)(=O)N3CCNCC3)cc2)cc1OC. The average Bonchev–Trinajstić information content (AvgIpc) is 2.93. The summed E-state index contributed by atoms with van der Waals surface area (Å²) in [5.74, 6) is -0.262. The molecule has 0 aliphatic carbocycles. The van der Waals surface area contributed by atoms with E-state index in [-0.39, 0.29) is 32.5 Å². The summed E-state index contributed by atoms with van der Waals surface area (Å²) in [6.45, 7) is 1.88. The molecule has 0 aromatic heterocycles. The molecule has 3 aromatic carbocycles. The first-order valence-electron chi connectivity index (χ1n) is 11.7. The van der Waals surface area contributed by atoms with Crippen molar-refractivity contribution in [2.75, 3.05) is 50.4 Å². The fraction of sp³-hybridized carbons (Fsp3) is 0.240. The van der Waals surface area contributed by atoms with E-state index in [9.17, 15) is 21.6 Å². The van der Waals surface area contributed by atoms with E-state index in [0.717, 1.165) is 0 Å². The molecule has 3 N–H and O–H groups in total. The van der Waals surface area contributed by atoms with E-state index in [1.54, 1.807) is 0 Å². The number of anilines is 2. The number of hydrogen-bond donors (Lipinski definition) is 3. The minimum absolute atomic E-state index is 0.0531. The van der Waals surface area contributed by atoms with Crippen LogP contribution in [0.25, 0.3) is 0 Å². The van der Waals surface area contributed by atoms with Crippen LogP contribution in [0.1, 0.15) is 10.4 Å². The van der Waals surface area contributed by atoms with Crippen molar-refractivity contribution in [2.24, 2.45) is 0 Å². The maximum atomic E-state index is 13.3. The lowest BCUT2D eigenvalue weighted by atomic mass is 10.1. The molecule has 0 spiro atoms. The number of benzene rings is 3. The average molecular weight is 595 g/mol. The maximum absolute atomic E-state index is 13.3. The highest BCUT2D eigenvalue weighted by Gasteiger charge is 2.26. The van der Waals surface area contributed by atoms with Crippen molar-refractivity contribution >= 4 is 48.9 Å². The zero-order chi connectivity index (χ0) is 28.2. The first kappa shape index (κ1) is 28.6. The molecule has 208 valence electrons. The molecule has 1 saturated heterocycles. The van der Waals surface area contributed by atoms with Crippen LogP contribution in [0.2, 0.25) is 5.02 Å². The van der Waals surface area contributed by atoms with E-state index in [0.29, 0.717) is 36.9 Å². The third-order valence-corrected chi connectivity index (χ3v) is 9.51. The molecule has 11 nitrogen and oxygen atoms in total. The van der Waals surface area contributed by atoms with Gasteiger partial charge in [0.25, 0.3) is 15.9 Å². The number of ether oxygens (including phenoxy) is 2. The molecule has 0 saturated carbocycles. The lowest BCUT2D eigenvalue weighted by Gasteiger charge is -2.26. The molecule has 0 bridgehead atoms. The summed E-state index contributed by atoms with van der Waals surface area (Å²) < 4.78 is 66.3. The van der Waals surface area contributed by atoms with Gasteiger partial charge in [-0.3, -0.25) is 9.52 Å². The predicted molar refractivity (Wildman–Crippen MR) is 148 cm³/mol. The number of amides is 1. The largest absolute Gasteiger partial charge is 0.493 e. The van der Waals surface area contributed by atoms with Crippen molar-refractivity contribution < 1.29 is 31.1 Å². The normalized spacial score (nSPS) is 14.4. The number of carbonyl (C=O) groups is 1. The van der Waals surface area contributed by atoms with Crippen LogP contribution < -0.4 is 24.8 Å². The van der Waals surface area contributed by atoms with Gasteiger partial charge in [-0.1, -0.05) is 11.6 Å². The summed E-state index contributed by atoms with van der Waals surface area (Å²) in [4.78, 5) is 13.3. The van der Waals surface area contributed by atoms with Crippen LogP contribution in [0.4, 0.5) is 11.4 Å². The highest BCUT2D eigenvalue weighted by atomic mass is 35.5. The quantitative estimate of drug-likeness (QED) is 0.343. The third-order valence-electron chi connectivity index (χ3n) is 5.96. The number of nitrogens with zero attached hydrogens (tertiary/aromatic N) is 1. The van der Waals surface area contributed by atoms with E-state index in [2.05, 4.69) is 15.4 Å². The Hall–Kier alpha value is -3.36. The van der Waals surface area contributed by atoms with Gasteiger partial charge < -0.3 is 20.1 Å². The molecule has 0 radical (unpaired) electrons. The van der Waals surface area contributed by atoms with Gasteiger partial charge in [-0.2, -0.15) is 4.31 Å². The number of hydrogen-bond acceptors (Lipinski definition) is 8. The fourth-order valence-corrected chi connectivity index (χ4v) is 6.55. The van der Waals surface area contributed by atoms with Crippen LogP contribution in [0.5, 0.6) is 11.5 Å². The topological polar surface area (TPSA) is 143 Å². The lowest BCUT2D eigenvalue weighted by Crippen LogP contribution is -2.46. The Morgan fingerprint density at radius 2 is 1.44 bits per heavy atom. The Bertz CT molecular complexity index is 1560. The maximum Gasteiger partial charge on any atom is 0.261 e. The Morgan fingerprint density at radius 1 is 0.872 bits per heavy atom. The Balaban J connectivity index is 1.62. The number of sulfonamides is 2. The van der Waals surface area contributed by atoms with Crippen LogP contribution in [0, 0.1) is 0 Å². The van der Waals surface area contributed by atoms with E-state index >= 15 is 0 Å². The monoisotopic (exact) mass is 594 g/mol. The van der Waals surface area contributed by atoms with Gasteiger partial charge in [0.2, 0.25) is 10.0 Å². The number of carbonyl (C=O) groups excluding carboxylic acids is 1. The summed E-state index contributed by atoms with van der Waals surface area (Å²) in [6, 6.07) is 14.0. The van der Waals surface area contributed by atoms with Crippen LogP contribution in [0.15, 0.2) is 70.5 Å². The van der Waals surface area contributed by atoms with E-state index in [1.165, 1.54) is 79.2 Å². The van der Waals surface area contributed by atoms with Gasteiger partial charge in [-0.25, -0.2) is 16.8 Å². The van der Waals surface area contributed by atoms with Gasteiger partial charge in [-0.05, 0) is 54.6 Å². The summed E-state index contributed by atoms with van der Waals surface area (Å²) in [7, 11) is -5.00. The molecular formula is C25H27ClN4O7S2. The Morgan fingerprint density at radius 3 is 2.03 bits per heavy atom. The summed E-state index contributed by atoms with van der Waals surface area (Å²) in [6.07, 6.45) is 0. The molecule has 39 heavy (non-hydrogen) atoms. The molecule has 1 aliphatic heterocycles. The second-order valence-electron chi connectivity index (χ2n) is 8.44. The van der Waals surface area contributed by atoms with Crippen LogP contribution in [-0.2, 0) is 20.0 Å². The van der Waals surface area contributed by atoms with Gasteiger partial charge >= 0.3 is 0 Å². The second kappa shape index (κ2) is 11.8. The summed E-state index contributed by atoms with van der Waals surface area (Å²) >= 11 is 5.88. The zero-order valence-electron chi connectivity index (χ0n) is 21.1. The number of piperazine rings is 1. The van der Waals surface area contributed by atoms with Crippen LogP contribution in [-0.4, -0.2) is 67.4 Å². The molecule has 0 unspecified atom stereocenters. The predicted octanol–water partition coefficient (Wildman–Crippen LogP) is 3.00. The van der Waals surface area contributed by atoms with Gasteiger partial charge in [-0.15, -0.1) is 0 Å². The number of rotatable bonds is 9. The van der Waals surface area contributed by atoms with Crippen molar-refractivity contribution in [3.8, 4) is 11.5 Å². The summed E-state index contributed by atoms with van der Waals surface area (Å²) in [5.41, 5.74) is 0.196. The molecule has 14 heteroatoms. The molecule has 3 aromatic rings. The fourth-order valence-electron chi connectivity index (χ4n) is 3.91. The lowest BCUT2D eigenvalue weighted by molar-refractivity contribution is 0.102. The minimum Gasteiger partial charge on any atom is -0.493 e. The smallest absolute Gasteiger partial charge is 0.261 e. The molecule has 1 amide bonds. The van der Waals surface area contributed by atoms with E-state index < -0.39 is 26.0 Å². The highest BCUT2D eigenvalue weighted by molar-refractivity contribution is 7.92. The first-order chi connectivity index (χ1) is 18.5. The molecule has 1 heterocycles. The van der Waals surface area contributed by atoms with Crippen molar-refractivity contribution in [2.45, 2.75) is 9.79 Å². The van der Waals surface area contributed by atoms with Crippen molar-refractivity contribution in [3.63, 3.8) is 0 Å². The van der Waals surface area contributed by atoms with Gasteiger partial charge in [0.1, 0.15) is 0 Å². The second-order valence-corrected chi connectivity index (χ2v) is 12.5. The van der Waals surface area contributed by atoms with Crippen molar-refractivity contribution in [1.29, 1.82) is 0 Å². The van der Waals surface area contributed by atoms with Gasteiger partial charge in [0.15, 0.2) is 11.5 Å². The molecule has 0 atom stereocenters. The van der Waals surface area contributed by atoms with Crippen LogP contribution in [0.3, 0.4) is 0 Å². The first-order valence-corrected chi connectivity index (χ1v) is 15.0. The minimum atomic E-state index is -4.10. The zero-order valence-corrected chi connectivity index (χ0v) is 23.5. The Kier molecular flexibility index (Phi) is 8.67. The van der Waals surface area contributed by atoms with E-state index in [1.807, 2.05) is 0 Å². The van der Waals surface area contributed by atoms with E-state index in [4.69, 9.17) is 21.1 Å². The Labute approximate surface area is 232 Å². The molecule has 1 fully saturated rings.